The van der Waals surface area contributed by atoms with Gasteiger partial charge in [0.2, 0.25) is 5.62 Å². The summed E-state index contributed by atoms with van der Waals surface area (Å²) < 4.78 is 23.1. The van der Waals surface area contributed by atoms with Crippen molar-refractivity contribution < 1.29 is 9.13 Å². The Kier molecular flexibility index (Phi) is 6.82. The molecule has 1 atom stereocenters. The largest absolute Gasteiger partial charge is 0.495 e. The second kappa shape index (κ2) is 9.95. The van der Waals surface area contributed by atoms with Crippen molar-refractivity contribution in [2.75, 3.05) is 13.7 Å². The summed E-state index contributed by atoms with van der Waals surface area (Å²) in [5.41, 5.74) is 4.55. The number of hydrogen-bond donors (Lipinski definition) is 1. The van der Waals surface area contributed by atoms with E-state index in [0.29, 0.717) is 6.54 Å². The first-order valence-electron chi connectivity index (χ1n) is 11.4. The van der Waals surface area contributed by atoms with Gasteiger partial charge in [0.15, 0.2) is 0 Å². The minimum atomic E-state index is -0.252. The minimum absolute atomic E-state index is 0.0662. The molecule has 0 unspecified atom stereocenters. The maximum Gasteiger partial charge on any atom is 0.203 e. The number of benzene rings is 2. The van der Waals surface area contributed by atoms with Crippen LogP contribution in [0.25, 0.3) is 18.3 Å². The molecule has 176 valence electrons. The van der Waals surface area contributed by atoms with Gasteiger partial charge in [-0.25, -0.2) is 9.37 Å². The molecule has 0 aliphatic carbocycles. The number of halogens is 1. The van der Waals surface area contributed by atoms with E-state index >= 15 is 0 Å². The minimum Gasteiger partial charge on any atom is -0.495 e. The molecule has 0 bridgehead atoms. The SMILES string of the molecule is C=c1/c(=C/c2ccc(-n3cnc(C)c3)c(OC)c2)[nH]/c(=N\CCC)n1[C@@H](C)c1ccc(F)cc1. The van der Waals surface area contributed by atoms with E-state index in [2.05, 4.69) is 35.0 Å². The summed E-state index contributed by atoms with van der Waals surface area (Å²) in [6.07, 6.45) is 6.70. The van der Waals surface area contributed by atoms with E-state index in [-0.39, 0.29) is 11.9 Å². The number of rotatable bonds is 7. The Hall–Kier alpha value is -3.87. The normalized spacial score (nSPS) is 13.4. The lowest BCUT2D eigenvalue weighted by atomic mass is 10.1. The van der Waals surface area contributed by atoms with Gasteiger partial charge in [-0.1, -0.05) is 31.7 Å². The summed E-state index contributed by atoms with van der Waals surface area (Å²) in [5, 5.41) is 1.66. The molecule has 4 aromatic rings. The predicted octanol–water partition coefficient (Wildman–Crippen LogP) is 3.62. The molecule has 0 saturated carbocycles. The second-order valence-electron chi connectivity index (χ2n) is 8.29. The Morgan fingerprint density at radius 1 is 1.24 bits per heavy atom. The summed E-state index contributed by atoms with van der Waals surface area (Å²) in [6, 6.07) is 12.5. The van der Waals surface area contributed by atoms with E-state index in [1.807, 2.05) is 42.0 Å². The first-order chi connectivity index (χ1) is 16.4. The third-order valence-electron chi connectivity index (χ3n) is 5.81. The summed E-state index contributed by atoms with van der Waals surface area (Å²) >= 11 is 0. The summed E-state index contributed by atoms with van der Waals surface area (Å²) in [5.74, 6) is 0.491. The van der Waals surface area contributed by atoms with Gasteiger partial charge >= 0.3 is 0 Å². The van der Waals surface area contributed by atoms with Crippen molar-refractivity contribution in [1.82, 2.24) is 19.1 Å². The highest BCUT2D eigenvalue weighted by atomic mass is 19.1. The number of hydrogen-bond acceptors (Lipinski definition) is 3. The highest BCUT2D eigenvalue weighted by Crippen LogP contribution is 2.24. The maximum atomic E-state index is 13.5. The van der Waals surface area contributed by atoms with E-state index in [4.69, 9.17) is 9.73 Å². The van der Waals surface area contributed by atoms with Crippen LogP contribution in [0.4, 0.5) is 4.39 Å². The van der Waals surface area contributed by atoms with Gasteiger partial charge in [-0.15, -0.1) is 0 Å². The van der Waals surface area contributed by atoms with Crippen LogP contribution in [-0.4, -0.2) is 32.8 Å². The number of methoxy groups -OCH3 is 1. The second-order valence-corrected chi connectivity index (χ2v) is 8.29. The molecule has 2 heterocycles. The fraction of sp³-hybridized carbons (Fsp3) is 0.259. The van der Waals surface area contributed by atoms with Gasteiger partial charge in [-0.05, 0) is 61.7 Å². The zero-order chi connectivity index (χ0) is 24.2. The van der Waals surface area contributed by atoms with Crippen LogP contribution in [0.5, 0.6) is 5.75 Å². The van der Waals surface area contributed by atoms with Crippen molar-refractivity contribution in [2.45, 2.75) is 33.2 Å². The molecule has 0 saturated heterocycles. The topological polar surface area (TPSA) is 60.1 Å². The van der Waals surface area contributed by atoms with Crippen molar-refractivity contribution in [3.8, 4) is 11.4 Å². The number of nitrogens with one attached hydrogen (secondary N) is 1. The molecule has 0 amide bonds. The van der Waals surface area contributed by atoms with Gasteiger partial charge < -0.3 is 18.9 Å². The molecule has 0 spiro atoms. The molecule has 0 aliphatic rings. The van der Waals surface area contributed by atoms with E-state index in [9.17, 15) is 4.39 Å². The highest BCUT2D eigenvalue weighted by Gasteiger charge is 2.12. The van der Waals surface area contributed by atoms with Gasteiger partial charge in [0, 0.05) is 12.7 Å². The molecule has 0 fully saturated rings. The molecule has 34 heavy (non-hydrogen) atoms. The van der Waals surface area contributed by atoms with Gasteiger partial charge in [0.1, 0.15) is 11.6 Å². The molecule has 6 nitrogen and oxygen atoms in total. The Labute approximate surface area is 198 Å². The highest BCUT2D eigenvalue weighted by molar-refractivity contribution is 5.58. The van der Waals surface area contributed by atoms with Crippen molar-refractivity contribution in [3.63, 3.8) is 0 Å². The zero-order valence-electron chi connectivity index (χ0n) is 20.0. The molecule has 7 heteroatoms. The van der Waals surface area contributed by atoms with Gasteiger partial charge in [0.05, 0.1) is 41.6 Å². The third kappa shape index (κ3) is 4.73. The van der Waals surface area contributed by atoms with Crippen molar-refractivity contribution in [2.24, 2.45) is 4.99 Å². The smallest absolute Gasteiger partial charge is 0.203 e. The van der Waals surface area contributed by atoms with E-state index in [1.54, 1.807) is 25.6 Å². The Morgan fingerprint density at radius 2 is 2.00 bits per heavy atom. The number of nitrogens with zero attached hydrogens (tertiary/aromatic N) is 4. The first-order valence-corrected chi connectivity index (χ1v) is 11.4. The molecular weight excluding hydrogens is 429 g/mol. The van der Waals surface area contributed by atoms with Gasteiger partial charge in [-0.2, -0.15) is 0 Å². The summed E-state index contributed by atoms with van der Waals surface area (Å²) in [4.78, 5) is 12.5. The number of H-pyrrole nitrogens is 1. The summed E-state index contributed by atoms with van der Waals surface area (Å²) in [7, 11) is 1.66. The van der Waals surface area contributed by atoms with E-state index in [0.717, 1.165) is 51.0 Å². The van der Waals surface area contributed by atoms with Crippen LogP contribution in [0, 0.1) is 12.7 Å². The average Bonchev–Trinajstić information content (AvgIpc) is 3.40. The molecule has 1 N–H and O–H groups in total. The molecule has 2 aromatic carbocycles. The summed E-state index contributed by atoms with van der Waals surface area (Å²) in [6.45, 7) is 11.1. The average molecular weight is 460 g/mol. The Balaban J connectivity index is 1.81. The number of ether oxygens (including phenoxy) is 1. The van der Waals surface area contributed by atoms with Crippen LogP contribution >= 0.6 is 0 Å². The quantitative estimate of drug-likeness (QED) is 0.459. The van der Waals surface area contributed by atoms with Crippen LogP contribution in [0.15, 0.2) is 60.0 Å². The first kappa shape index (κ1) is 23.3. The van der Waals surface area contributed by atoms with E-state index < -0.39 is 0 Å². The van der Waals surface area contributed by atoms with Crippen LogP contribution < -0.4 is 21.1 Å². The van der Waals surface area contributed by atoms with Crippen molar-refractivity contribution >= 4 is 12.7 Å². The van der Waals surface area contributed by atoms with Gasteiger partial charge in [0.25, 0.3) is 0 Å². The molecule has 0 radical (unpaired) electrons. The van der Waals surface area contributed by atoms with Crippen LogP contribution in [-0.2, 0) is 0 Å². The molecular formula is C27H30FN5O. The lowest BCUT2D eigenvalue weighted by molar-refractivity contribution is 0.413. The fourth-order valence-corrected chi connectivity index (χ4v) is 3.99. The number of imidazole rings is 2. The van der Waals surface area contributed by atoms with Crippen LogP contribution in [0.3, 0.4) is 0 Å². The fourth-order valence-electron chi connectivity index (χ4n) is 3.99. The lowest BCUT2D eigenvalue weighted by Crippen LogP contribution is -2.34. The monoisotopic (exact) mass is 459 g/mol. The van der Waals surface area contributed by atoms with Crippen LogP contribution in [0.2, 0.25) is 0 Å². The molecule has 2 aromatic heterocycles. The van der Waals surface area contributed by atoms with Crippen molar-refractivity contribution in [1.29, 1.82) is 0 Å². The number of aromatic nitrogens is 4. The standard InChI is InChI=1S/C27H30FN5O/c1-6-13-29-27-31-24(20(4)33(27)19(3)22-8-10-23(28)11-9-22)14-21-7-12-25(26(15-21)34-5)32-16-18(2)30-17-32/h7-12,14-17,19H,4,6,13H2,1-3,5H3,(H,29,31)/b24-14-/t19-/m0/s1. The number of aryl methyl sites for hydroxylation is 1. The zero-order valence-corrected chi connectivity index (χ0v) is 20.0. The van der Waals surface area contributed by atoms with E-state index in [1.165, 1.54) is 12.1 Å². The predicted molar refractivity (Wildman–Crippen MR) is 133 cm³/mol. The number of aromatic amines is 1. The lowest BCUT2D eigenvalue weighted by Gasteiger charge is -2.14. The van der Waals surface area contributed by atoms with Crippen molar-refractivity contribution in [3.05, 3.63) is 93.9 Å². The Bertz CT molecular complexity index is 1460. The third-order valence-corrected chi connectivity index (χ3v) is 5.81. The molecule has 4 rings (SSSR count). The van der Waals surface area contributed by atoms with Gasteiger partial charge in [-0.3, -0.25) is 4.99 Å². The Morgan fingerprint density at radius 3 is 2.65 bits per heavy atom. The van der Waals surface area contributed by atoms with Crippen LogP contribution in [0.1, 0.15) is 43.1 Å². The molecule has 0 aliphatic heterocycles. The maximum absolute atomic E-state index is 13.5.